The lowest BCUT2D eigenvalue weighted by Gasteiger charge is -2.03. The third kappa shape index (κ3) is 2.60. The first-order chi connectivity index (χ1) is 13.5. The Kier molecular flexibility index (Phi) is 3.93. The van der Waals surface area contributed by atoms with Gasteiger partial charge in [0.05, 0.1) is 5.57 Å². The van der Waals surface area contributed by atoms with Crippen LogP contribution in [0, 0.1) is 13.8 Å². The maximum Gasteiger partial charge on any atom is 0.198 e. The van der Waals surface area contributed by atoms with Gasteiger partial charge in [-0.05, 0) is 48.7 Å². The second kappa shape index (κ2) is 6.36. The lowest BCUT2D eigenvalue weighted by molar-refractivity contribution is 0.0990. The third-order valence-corrected chi connectivity index (χ3v) is 7.43. The fraction of sp³-hybridized carbons (Fsp3) is 0.0833. The topological polar surface area (TPSA) is 34.1 Å². The van der Waals surface area contributed by atoms with Crippen molar-refractivity contribution in [1.82, 2.24) is 0 Å². The van der Waals surface area contributed by atoms with Crippen molar-refractivity contribution < 1.29 is 9.59 Å². The Morgan fingerprint density at radius 3 is 1.96 bits per heavy atom. The Morgan fingerprint density at radius 2 is 1.36 bits per heavy atom. The van der Waals surface area contributed by atoms with E-state index in [1.54, 1.807) is 28.7 Å². The van der Waals surface area contributed by atoms with Crippen molar-refractivity contribution in [2.75, 3.05) is 0 Å². The second-order valence-electron chi connectivity index (χ2n) is 7.02. The second-order valence-corrected chi connectivity index (χ2v) is 9.22. The van der Waals surface area contributed by atoms with Crippen LogP contribution in [0.4, 0.5) is 0 Å². The Labute approximate surface area is 170 Å². The van der Waals surface area contributed by atoms with Crippen LogP contribution in [0.1, 0.15) is 36.7 Å². The van der Waals surface area contributed by atoms with Crippen molar-refractivity contribution in [3.05, 3.63) is 87.3 Å². The van der Waals surface area contributed by atoms with Crippen molar-refractivity contribution >= 4 is 49.7 Å². The van der Waals surface area contributed by atoms with E-state index >= 15 is 0 Å². The minimum Gasteiger partial charge on any atom is -0.288 e. The molecule has 0 bridgehead atoms. The molecule has 2 nitrogen and oxygen atoms in total. The van der Waals surface area contributed by atoms with E-state index in [2.05, 4.69) is 24.3 Å². The average Bonchev–Trinajstić information content (AvgIpc) is 3.32. The molecule has 0 amide bonds. The summed E-state index contributed by atoms with van der Waals surface area (Å²) in [6.07, 6.45) is 1.77. The molecule has 1 aliphatic carbocycles. The van der Waals surface area contributed by atoms with Gasteiger partial charge in [0, 0.05) is 30.3 Å². The molecule has 2 heterocycles. The first-order valence-electron chi connectivity index (χ1n) is 9.03. The molecular weight excluding hydrogens is 384 g/mol. The highest BCUT2D eigenvalue weighted by Crippen LogP contribution is 2.40. The zero-order chi connectivity index (χ0) is 19.4. The number of thiophene rings is 2. The standard InChI is InChI=1S/C24H16O2S2/c1-13-8-9-14(2)22-21(13)23(25)17(24(22)26)10-16-11-19-20(27-16)12-18(28-19)15-6-4-3-5-7-15/h3-12H,1-2H3. The van der Waals surface area contributed by atoms with Gasteiger partial charge >= 0.3 is 0 Å². The highest BCUT2D eigenvalue weighted by Gasteiger charge is 2.35. The minimum absolute atomic E-state index is 0.150. The number of hydrogen-bond acceptors (Lipinski definition) is 4. The number of aryl methyl sites for hydroxylation is 2. The fourth-order valence-corrected chi connectivity index (χ4v) is 6.07. The van der Waals surface area contributed by atoms with Crippen LogP contribution in [-0.2, 0) is 0 Å². The third-order valence-electron chi connectivity index (χ3n) is 5.14. The number of hydrogen-bond donors (Lipinski definition) is 0. The molecule has 0 aliphatic heterocycles. The molecule has 0 atom stereocenters. The lowest BCUT2D eigenvalue weighted by Crippen LogP contribution is -2.00. The molecule has 28 heavy (non-hydrogen) atoms. The Hall–Kier alpha value is -2.82. The quantitative estimate of drug-likeness (QED) is 0.277. The van der Waals surface area contributed by atoms with Gasteiger partial charge in [0.25, 0.3) is 0 Å². The molecule has 2 aromatic heterocycles. The summed E-state index contributed by atoms with van der Waals surface area (Å²) in [4.78, 5) is 28.0. The maximum atomic E-state index is 12.9. The molecule has 0 saturated carbocycles. The summed E-state index contributed by atoms with van der Waals surface area (Å²) in [6.45, 7) is 3.78. The van der Waals surface area contributed by atoms with Crippen LogP contribution in [0.15, 0.2) is 60.2 Å². The van der Waals surface area contributed by atoms with Gasteiger partial charge in [-0.2, -0.15) is 0 Å². The van der Waals surface area contributed by atoms with E-state index in [0.29, 0.717) is 11.1 Å². The predicted molar refractivity (Wildman–Crippen MR) is 118 cm³/mol. The van der Waals surface area contributed by atoms with Crippen LogP contribution in [0.25, 0.3) is 25.9 Å². The molecular formula is C24H16O2S2. The van der Waals surface area contributed by atoms with E-state index in [-0.39, 0.29) is 17.1 Å². The Morgan fingerprint density at radius 1 is 0.750 bits per heavy atom. The Balaban J connectivity index is 1.55. The zero-order valence-corrected chi connectivity index (χ0v) is 17.0. The van der Waals surface area contributed by atoms with Crippen LogP contribution in [0.5, 0.6) is 0 Å². The first kappa shape index (κ1) is 17.3. The molecule has 0 unspecified atom stereocenters. The monoisotopic (exact) mass is 400 g/mol. The Bertz CT molecular complexity index is 1230. The maximum absolute atomic E-state index is 12.9. The van der Waals surface area contributed by atoms with Gasteiger partial charge in [-0.25, -0.2) is 0 Å². The van der Waals surface area contributed by atoms with E-state index in [1.165, 1.54) is 19.8 Å². The highest BCUT2D eigenvalue weighted by molar-refractivity contribution is 7.29. The van der Waals surface area contributed by atoms with Crippen molar-refractivity contribution in [3.8, 4) is 10.4 Å². The number of allylic oxidation sites excluding steroid dienone is 1. The molecule has 5 rings (SSSR count). The van der Waals surface area contributed by atoms with Gasteiger partial charge in [0.15, 0.2) is 11.6 Å². The summed E-state index contributed by atoms with van der Waals surface area (Å²) >= 11 is 3.35. The van der Waals surface area contributed by atoms with Crippen molar-refractivity contribution in [2.24, 2.45) is 0 Å². The molecule has 2 aromatic carbocycles. The van der Waals surface area contributed by atoms with Crippen LogP contribution >= 0.6 is 22.7 Å². The van der Waals surface area contributed by atoms with E-state index in [0.717, 1.165) is 16.0 Å². The normalized spacial score (nSPS) is 13.4. The molecule has 0 fully saturated rings. The molecule has 0 N–H and O–H groups in total. The first-order valence-corrected chi connectivity index (χ1v) is 10.7. The summed E-state index contributed by atoms with van der Waals surface area (Å²) in [7, 11) is 0. The largest absolute Gasteiger partial charge is 0.288 e. The number of rotatable bonds is 2. The van der Waals surface area contributed by atoms with Crippen LogP contribution in [0.2, 0.25) is 0 Å². The SMILES string of the molecule is Cc1ccc(C)c2c1C(=O)C(=Cc1cc3sc(-c4ccccc4)cc3s1)C2=O. The van der Waals surface area contributed by atoms with Gasteiger partial charge in [-0.3, -0.25) is 9.59 Å². The summed E-state index contributed by atoms with van der Waals surface area (Å²) in [5.74, 6) is -0.300. The van der Waals surface area contributed by atoms with Crippen LogP contribution in [-0.4, -0.2) is 11.6 Å². The molecule has 4 heteroatoms. The summed E-state index contributed by atoms with van der Waals surface area (Å²) in [6, 6.07) is 18.4. The number of fused-ring (bicyclic) bond motifs is 2. The van der Waals surface area contributed by atoms with Crippen LogP contribution in [0.3, 0.4) is 0 Å². The van der Waals surface area contributed by atoms with Crippen LogP contribution < -0.4 is 0 Å². The molecule has 0 saturated heterocycles. The van der Waals surface area contributed by atoms with Crippen molar-refractivity contribution in [1.29, 1.82) is 0 Å². The number of carbonyl (C=O) groups excluding carboxylic acids is 2. The van der Waals surface area contributed by atoms with Gasteiger partial charge < -0.3 is 0 Å². The predicted octanol–water partition coefficient (Wildman–Crippen LogP) is 6.71. The molecule has 136 valence electrons. The summed E-state index contributed by atoms with van der Waals surface area (Å²) < 4.78 is 2.36. The van der Waals surface area contributed by atoms with Gasteiger partial charge in [0.1, 0.15) is 0 Å². The molecule has 1 aliphatic rings. The van der Waals surface area contributed by atoms with E-state index in [4.69, 9.17) is 0 Å². The highest BCUT2D eigenvalue weighted by atomic mass is 32.1. The smallest absolute Gasteiger partial charge is 0.198 e. The number of Topliss-reactive ketones (excluding diaryl/α,β-unsaturated/α-hetero) is 2. The summed E-state index contributed by atoms with van der Waals surface area (Å²) in [5.41, 5.74) is 4.36. The fourth-order valence-electron chi connectivity index (χ4n) is 3.71. The van der Waals surface area contributed by atoms with Gasteiger partial charge in [0.2, 0.25) is 0 Å². The lowest BCUT2D eigenvalue weighted by atomic mass is 9.99. The van der Waals surface area contributed by atoms with Gasteiger partial charge in [-0.1, -0.05) is 42.5 Å². The van der Waals surface area contributed by atoms with Crippen molar-refractivity contribution in [2.45, 2.75) is 13.8 Å². The minimum atomic E-state index is -0.150. The average molecular weight is 401 g/mol. The van der Waals surface area contributed by atoms with Gasteiger partial charge in [-0.15, -0.1) is 22.7 Å². The summed E-state index contributed by atoms with van der Waals surface area (Å²) in [5, 5.41) is 0. The number of ketones is 2. The zero-order valence-electron chi connectivity index (χ0n) is 15.4. The van der Waals surface area contributed by atoms with E-state index in [1.807, 2.05) is 44.2 Å². The molecule has 4 aromatic rings. The molecule has 0 radical (unpaired) electrons. The van der Waals surface area contributed by atoms with E-state index in [9.17, 15) is 9.59 Å². The number of benzene rings is 2. The number of carbonyl (C=O) groups is 2. The molecule has 0 spiro atoms. The van der Waals surface area contributed by atoms with E-state index < -0.39 is 0 Å². The van der Waals surface area contributed by atoms with Crippen molar-refractivity contribution in [3.63, 3.8) is 0 Å².